The number of aromatic nitrogens is 2. The molecule has 0 saturated carbocycles. The first-order chi connectivity index (χ1) is 16.5. The Bertz CT molecular complexity index is 1220. The molecule has 1 N–H and O–H groups in total. The summed E-state index contributed by atoms with van der Waals surface area (Å²) in [7, 11) is 1.26. The number of aliphatic imine (C=N–C) groups is 2. The van der Waals surface area contributed by atoms with Crippen molar-refractivity contribution in [2.75, 3.05) is 20.0 Å². The van der Waals surface area contributed by atoms with Crippen molar-refractivity contribution in [1.29, 1.82) is 0 Å². The van der Waals surface area contributed by atoms with Crippen LogP contribution in [0.3, 0.4) is 0 Å². The first kappa shape index (κ1) is 24.9. The highest BCUT2D eigenvalue weighted by molar-refractivity contribution is 8.15. The molecule has 34 heavy (non-hydrogen) atoms. The van der Waals surface area contributed by atoms with E-state index in [2.05, 4.69) is 21.7 Å². The van der Waals surface area contributed by atoms with Crippen molar-refractivity contribution < 1.29 is 23.9 Å². The van der Waals surface area contributed by atoms with E-state index in [1.165, 1.54) is 18.9 Å². The van der Waals surface area contributed by atoms with E-state index in [1.807, 2.05) is 12.1 Å². The van der Waals surface area contributed by atoms with Gasteiger partial charge in [-0.25, -0.2) is 9.79 Å². The smallest absolute Gasteiger partial charge is 0.434 e. The van der Waals surface area contributed by atoms with Gasteiger partial charge in [0.2, 0.25) is 11.7 Å². The highest BCUT2D eigenvalue weighted by Gasteiger charge is 2.17. The van der Waals surface area contributed by atoms with Crippen LogP contribution in [0.4, 0.5) is 10.5 Å². The molecule has 0 radical (unpaired) electrons. The van der Waals surface area contributed by atoms with Gasteiger partial charge in [-0.05, 0) is 54.3 Å². The molecule has 176 valence electrons. The van der Waals surface area contributed by atoms with Crippen molar-refractivity contribution in [3.63, 3.8) is 0 Å². The molecule has 0 aliphatic carbocycles. The number of hydrogen-bond acceptors (Lipinski definition) is 9. The molecular formula is C24H24N4O5S. The molecule has 10 heteroatoms. The Morgan fingerprint density at radius 1 is 1.26 bits per heavy atom. The third-order valence-electron chi connectivity index (χ3n) is 4.45. The second-order valence-electron chi connectivity index (χ2n) is 6.86. The molecule has 9 nitrogen and oxygen atoms in total. The number of carbonyl (C=O) groups excluding carboxylic acids is 1. The molecule has 1 amide bonds. The monoisotopic (exact) mass is 480 g/mol. The topological polar surface area (TPSA) is 119 Å². The molecule has 1 heterocycles. The normalized spacial score (nSPS) is 11.9. The quantitative estimate of drug-likeness (QED) is 0.279. The fourth-order valence-electron chi connectivity index (χ4n) is 2.92. The van der Waals surface area contributed by atoms with E-state index < -0.39 is 6.09 Å². The summed E-state index contributed by atoms with van der Waals surface area (Å²) >= 11 is 1.24. The summed E-state index contributed by atoms with van der Waals surface area (Å²) in [5, 5.41) is 14.0. The molecule has 0 aliphatic heterocycles. The predicted molar refractivity (Wildman–Crippen MR) is 132 cm³/mol. The zero-order valence-corrected chi connectivity index (χ0v) is 19.8. The second-order valence-corrected chi connectivity index (χ2v) is 7.65. The number of aliphatic hydroxyl groups excluding tert-OH is 1. The molecule has 3 aromatic rings. The van der Waals surface area contributed by atoms with Crippen LogP contribution in [0.5, 0.6) is 5.75 Å². The number of ether oxygens (including phenoxy) is 2. The predicted octanol–water partition coefficient (Wildman–Crippen LogP) is 4.75. The van der Waals surface area contributed by atoms with Crippen molar-refractivity contribution in [2.24, 2.45) is 9.98 Å². The maximum Gasteiger partial charge on any atom is 0.434 e. The van der Waals surface area contributed by atoms with Gasteiger partial charge in [-0.2, -0.15) is 9.98 Å². The molecule has 0 saturated heterocycles. The standard InChI is InChI=1S/C24H24N4O5S/c1-5-10-32-20-12-16(14-29)11-18(13-20)21(23(34-4)27-24(30)31-3)26-19-8-6-17(7-9-19)22-25-15(2)33-28-22/h5-9,11-13,29H,1,10,14H2,2-4H3/b26-21+,27-23-. The average Bonchev–Trinajstić information content (AvgIpc) is 3.30. The van der Waals surface area contributed by atoms with Crippen LogP contribution in [0.1, 0.15) is 17.0 Å². The van der Waals surface area contributed by atoms with E-state index in [9.17, 15) is 9.90 Å². The van der Waals surface area contributed by atoms with Crippen molar-refractivity contribution in [3.8, 4) is 17.1 Å². The van der Waals surface area contributed by atoms with Gasteiger partial charge in [-0.15, -0.1) is 11.8 Å². The number of nitrogens with zero attached hydrogens (tertiary/aromatic N) is 4. The largest absolute Gasteiger partial charge is 0.490 e. The fourth-order valence-corrected chi connectivity index (χ4v) is 3.44. The van der Waals surface area contributed by atoms with Gasteiger partial charge in [0.15, 0.2) is 0 Å². The zero-order valence-electron chi connectivity index (χ0n) is 19.0. The summed E-state index contributed by atoms with van der Waals surface area (Å²) in [6.07, 6.45) is 2.66. The number of aliphatic hydroxyl groups is 1. The lowest BCUT2D eigenvalue weighted by atomic mass is 10.1. The van der Waals surface area contributed by atoms with Crippen LogP contribution >= 0.6 is 11.8 Å². The van der Waals surface area contributed by atoms with Crippen LogP contribution in [-0.2, 0) is 11.3 Å². The third kappa shape index (κ3) is 6.40. The van der Waals surface area contributed by atoms with Gasteiger partial charge < -0.3 is 19.1 Å². The van der Waals surface area contributed by atoms with E-state index in [0.717, 1.165) is 5.56 Å². The van der Waals surface area contributed by atoms with Gasteiger partial charge in [0, 0.05) is 18.1 Å². The lowest BCUT2D eigenvalue weighted by Crippen LogP contribution is -2.15. The van der Waals surface area contributed by atoms with Crippen molar-refractivity contribution in [1.82, 2.24) is 10.1 Å². The van der Waals surface area contributed by atoms with Crippen LogP contribution < -0.4 is 4.74 Å². The summed E-state index contributed by atoms with van der Waals surface area (Å²) in [6, 6.07) is 12.5. The highest BCUT2D eigenvalue weighted by Crippen LogP contribution is 2.25. The van der Waals surface area contributed by atoms with Crippen molar-refractivity contribution in [3.05, 3.63) is 72.1 Å². The van der Waals surface area contributed by atoms with E-state index in [1.54, 1.807) is 49.6 Å². The Hall–Kier alpha value is -3.76. The number of thioether (sulfide) groups is 1. The minimum absolute atomic E-state index is 0.201. The minimum atomic E-state index is -0.749. The lowest BCUT2D eigenvalue weighted by molar-refractivity contribution is 0.183. The number of carbonyl (C=O) groups is 1. The van der Waals surface area contributed by atoms with E-state index in [4.69, 9.17) is 19.0 Å². The summed E-state index contributed by atoms with van der Waals surface area (Å²) in [5.41, 5.74) is 3.02. The fraction of sp³-hybridized carbons (Fsp3) is 0.208. The zero-order chi connectivity index (χ0) is 24.5. The average molecular weight is 481 g/mol. The van der Waals surface area contributed by atoms with E-state index in [-0.39, 0.29) is 6.61 Å². The Morgan fingerprint density at radius 2 is 2.03 bits per heavy atom. The van der Waals surface area contributed by atoms with Crippen LogP contribution in [0, 0.1) is 6.92 Å². The maximum atomic E-state index is 11.9. The number of methoxy groups -OCH3 is 1. The van der Waals surface area contributed by atoms with Gasteiger partial charge >= 0.3 is 6.09 Å². The summed E-state index contributed by atoms with van der Waals surface area (Å²) in [5.74, 6) is 1.47. The second kappa shape index (κ2) is 11.9. The number of amides is 1. The SMILES string of the molecule is C=CCOc1cc(CO)cc(C(=N\c2ccc(-c3noc(C)n3)cc2)/C(=N/C(=O)OC)SC)c1. The maximum absolute atomic E-state index is 11.9. The van der Waals surface area contributed by atoms with Crippen LogP contribution in [0.2, 0.25) is 0 Å². The summed E-state index contributed by atoms with van der Waals surface area (Å²) in [6.45, 7) is 5.47. The van der Waals surface area contributed by atoms with E-state index in [0.29, 0.717) is 51.6 Å². The number of benzene rings is 2. The lowest BCUT2D eigenvalue weighted by Gasteiger charge is -2.13. The van der Waals surface area contributed by atoms with Crippen LogP contribution in [-0.4, -0.2) is 52.1 Å². The molecule has 0 unspecified atom stereocenters. The first-order valence-electron chi connectivity index (χ1n) is 10.2. The van der Waals surface area contributed by atoms with Gasteiger partial charge in [0.25, 0.3) is 0 Å². The minimum Gasteiger partial charge on any atom is -0.490 e. The first-order valence-corrected chi connectivity index (χ1v) is 11.4. The van der Waals surface area contributed by atoms with Crippen molar-refractivity contribution in [2.45, 2.75) is 13.5 Å². The Morgan fingerprint density at radius 3 is 2.62 bits per heavy atom. The molecule has 3 rings (SSSR count). The molecule has 0 fully saturated rings. The molecule has 2 aromatic carbocycles. The van der Waals surface area contributed by atoms with Crippen molar-refractivity contribution >= 4 is 34.3 Å². The Balaban J connectivity index is 2.10. The number of aryl methyl sites for hydroxylation is 1. The highest BCUT2D eigenvalue weighted by atomic mass is 32.2. The van der Waals surface area contributed by atoms with Crippen LogP contribution in [0.25, 0.3) is 11.4 Å². The molecule has 1 aromatic heterocycles. The molecule has 0 bridgehead atoms. The Labute approximate surface area is 201 Å². The third-order valence-corrected chi connectivity index (χ3v) is 5.12. The van der Waals surface area contributed by atoms with Gasteiger partial charge in [-0.3, -0.25) is 0 Å². The van der Waals surface area contributed by atoms with Gasteiger partial charge in [-0.1, -0.05) is 17.8 Å². The van der Waals surface area contributed by atoms with E-state index >= 15 is 0 Å². The Kier molecular flexibility index (Phi) is 8.72. The summed E-state index contributed by atoms with van der Waals surface area (Å²) in [4.78, 5) is 24.9. The molecule has 0 atom stereocenters. The number of hydrogen-bond donors (Lipinski definition) is 1. The van der Waals surface area contributed by atoms with Gasteiger partial charge in [0.1, 0.15) is 23.1 Å². The molecule has 0 aliphatic rings. The molecular weight excluding hydrogens is 456 g/mol. The molecule has 0 spiro atoms. The number of rotatable bonds is 8. The van der Waals surface area contributed by atoms with Crippen LogP contribution in [0.15, 0.2) is 69.6 Å². The summed E-state index contributed by atoms with van der Waals surface area (Å²) < 4.78 is 15.4. The van der Waals surface area contributed by atoms with Gasteiger partial charge in [0.05, 0.1) is 19.4 Å².